The van der Waals surface area contributed by atoms with Gasteiger partial charge in [-0.1, -0.05) is 131 Å². The summed E-state index contributed by atoms with van der Waals surface area (Å²) in [5.41, 5.74) is 37.8. The number of benzene rings is 2. The predicted octanol–water partition coefficient (Wildman–Crippen LogP) is 0.945. The summed E-state index contributed by atoms with van der Waals surface area (Å²) in [7, 11) is 0. The van der Waals surface area contributed by atoms with Gasteiger partial charge in [0.15, 0.2) is 5.96 Å². The van der Waals surface area contributed by atoms with Crippen molar-refractivity contribution < 1.29 is 62.6 Å². The first-order valence-corrected chi connectivity index (χ1v) is 39.8. The highest BCUT2D eigenvalue weighted by atomic mass is 16.4. The molecule has 0 unspecified atom stereocenters. The number of imidazole rings is 1. The number of H-pyrrole nitrogens is 2. The minimum absolute atomic E-state index is 0.00114. The molecule has 4 rings (SSSR count). The lowest BCUT2D eigenvalue weighted by molar-refractivity contribution is -0.144. The molecule has 0 aliphatic heterocycles. The van der Waals surface area contributed by atoms with Crippen LogP contribution < -0.4 is 92.9 Å². The minimum atomic E-state index is -1.48. The summed E-state index contributed by atoms with van der Waals surface area (Å²) in [6, 6.07) is 0.684. The van der Waals surface area contributed by atoms with Gasteiger partial charge in [-0.25, -0.2) is 9.78 Å². The molecule has 0 fully saturated rings. The largest absolute Gasteiger partial charge is 0.480 e. The van der Waals surface area contributed by atoms with Gasteiger partial charge in [0.25, 0.3) is 0 Å². The molecule has 26 N–H and O–H groups in total. The number of carboxylic acid groups (broad SMARTS) is 1. The molecule has 0 saturated carbocycles. The lowest BCUT2D eigenvalue weighted by atomic mass is 9.94. The van der Waals surface area contributed by atoms with Crippen molar-refractivity contribution >= 4 is 87.8 Å². The van der Waals surface area contributed by atoms with Crippen molar-refractivity contribution in [3.05, 3.63) is 90.1 Å². The van der Waals surface area contributed by atoms with Crippen LogP contribution in [0.1, 0.15) is 182 Å². The first-order valence-electron chi connectivity index (χ1n) is 39.8. The number of para-hydroxylation sites is 1. The van der Waals surface area contributed by atoms with E-state index in [9.17, 15) is 43.5 Å². The molecule has 0 saturated heterocycles. The van der Waals surface area contributed by atoms with Crippen LogP contribution in [0.2, 0.25) is 0 Å². The average Bonchev–Trinajstić information content (AvgIpc) is 1.82. The fourth-order valence-electron chi connectivity index (χ4n) is 12.8. The zero-order chi connectivity index (χ0) is 83.9. The third-order valence-electron chi connectivity index (χ3n) is 19.8. The summed E-state index contributed by atoms with van der Waals surface area (Å²) >= 11 is 0. The van der Waals surface area contributed by atoms with Crippen LogP contribution in [0.4, 0.5) is 0 Å². The minimum Gasteiger partial charge on any atom is -0.480 e. The Hall–Kier alpha value is -10.1. The molecule has 11 amide bonds. The van der Waals surface area contributed by atoms with E-state index in [0.29, 0.717) is 74.6 Å². The molecule has 34 nitrogen and oxygen atoms in total. The van der Waals surface area contributed by atoms with Crippen LogP contribution in [0.3, 0.4) is 0 Å². The number of nitrogens with zero attached hydrogens (tertiary/aromatic N) is 2. The molecular formula is C79H129N21O13. The van der Waals surface area contributed by atoms with Crippen LogP contribution in [0, 0.1) is 29.6 Å². The molecule has 14 atom stereocenters. The summed E-state index contributed by atoms with van der Waals surface area (Å²) in [6.07, 6.45) is 7.70. The Labute approximate surface area is 663 Å². The Balaban J connectivity index is 1.72. The van der Waals surface area contributed by atoms with Gasteiger partial charge in [-0.2, -0.15) is 0 Å². The Kier molecular flexibility index (Phi) is 42.3. The van der Waals surface area contributed by atoms with Crippen molar-refractivity contribution in [3.8, 4) is 0 Å². The number of nitrogens with two attached hydrogens (primary N) is 6. The van der Waals surface area contributed by atoms with Crippen molar-refractivity contribution in [2.45, 2.75) is 257 Å². The number of amides is 11. The van der Waals surface area contributed by atoms with Gasteiger partial charge in [-0.3, -0.25) is 57.7 Å². The van der Waals surface area contributed by atoms with E-state index in [2.05, 4.69) is 78.4 Å². The van der Waals surface area contributed by atoms with E-state index in [1.54, 1.807) is 84.1 Å². The summed E-state index contributed by atoms with van der Waals surface area (Å²) < 4.78 is 0. The number of aliphatic imine (C=N–C) groups is 1. The molecule has 2 aromatic heterocycles. The van der Waals surface area contributed by atoms with Crippen LogP contribution in [0.5, 0.6) is 0 Å². The number of aliphatic carboxylic acids is 1. The van der Waals surface area contributed by atoms with Crippen molar-refractivity contribution in [2.24, 2.45) is 69.0 Å². The number of guanidine groups is 1. The van der Waals surface area contributed by atoms with Gasteiger partial charge in [0, 0.05) is 54.8 Å². The van der Waals surface area contributed by atoms with Crippen molar-refractivity contribution in [1.29, 1.82) is 0 Å². The third-order valence-corrected chi connectivity index (χ3v) is 19.8. The first kappa shape index (κ1) is 95.3. The van der Waals surface area contributed by atoms with Gasteiger partial charge >= 0.3 is 5.97 Å². The van der Waals surface area contributed by atoms with E-state index in [4.69, 9.17) is 34.4 Å². The standard InChI is InChI=1S/C79H129N21O13/c1-11-48(9)65(77(111)100-66(49(10)12-2)76(110)98-64(47(7)8)78(112)113)99-71(105)58(31-20-23-35-82)93-74(108)62(40-51-42-88-55-28-17-16-27-53(51)55)96-69(103)57(30-19-22-34-81)91-72(106)60(38-46(5)6)95-75(109)63(41-52-43-86-44-89-52)97-70(104)59(32-24-36-87-79(84)85)90-68(102)56(29-18-21-33-80)92-73(107)61(39-50-25-14-13-15-26-50)94-67(101)54(83)37-45(3)4/h13-17,25-28,42-49,54,56-66,88H,11-12,18-24,29-41,80-83H2,1-10H3,(H,86,89)(H,90,102)(H,91,106)(H,92,107)(H,93,108)(H,94,101)(H,95,109)(H,96,103)(H,97,104)(H,98,110)(H,99,105)(H,100,111)(H,112,113)(H4,84,85,87)/t48-,49-,54-,56-,57-,58-,59-,60-,61-,62-,63-,64-,65-,66-/m0/s1. The van der Waals surface area contributed by atoms with Gasteiger partial charge in [0.05, 0.1) is 12.4 Å². The molecule has 0 bridgehead atoms. The molecule has 2 heterocycles. The topological polar surface area (TPSA) is 570 Å². The Morgan fingerprint density at radius 3 is 1.28 bits per heavy atom. The highest BCUT2D eigenvalue weighted by Gasteiger charge is 2.39. The summed E-state index contributed by atoms with van der Waals surface area (Å²) in [5, 5.41) is 41.4. The number of hydrogen-bond acceptors (Lipinski definition) is 18. The molecule has 4 aromatic rings. The first-order chi connectivity index (χ1) is 53.7. The number of aromatic nitrogens is 3. The SMILES string of the molecule is CC[C@H](C)[C@H](NC(=O)[C@H](CCCCN)NC(=O)[C@H](Cc1c[nH]c2ccccc12)NC(=O)[C@H](CCCCN)NC(=O)[C@H](CC(C)C)NC(=O)[C@H](Cc1cnc[nH]1)NC(=O)[C@H](CCCN=C(N)N)NC(=O)[C@H](CCCCN)NC(=O)[C@H](Cc1ccccc1)NC(=O)[C@@H](N)CC(C)C)C(=O)N[C@H](C(=O)N[C@H](C(=O)O)C(C)C)[C@@H](C)CC. The Bertz CT molecular complexity index is 3680. The summed E-state index contributed by atoms with van der Waals surface area (Å²) in [6.45, 7) is 18.5. The lowest BCUT2D eigenvalue weighted by Gasteiger charge is -2.31. The number of carbonyl (C=O) groups excluding carboxylic acids is 11. The molecule has 0 aliphatic carbocycles. The van der Waals surface area contributed by atoms with E-state index >= 15 is 19.2 Å². The maximum atomic E-state index is 15.2. The number of fused-ring (bicyclic) bond motifs is 1. The molecule has 628 valence electrons. The second-order valence-corrected chi connectivity index (χ2v) is 30.5. The molecule has 113 heavy (non-hydrogen) atoms. The maximum absolute atomic E-state index is 15.2. The Morgan fingerprint density at radius 1 is 0.442 bits per heavy atom. The van der Waals surface area contributed by atoms with Crippen LogP contribution in [-0.2, 0) is 76.8 Å². The Morgan fingerprint density at radius 2 is 0.841 bits per heavy atom. The number of carboxylic acids is 1. The van der Waals surface area contributed by atoms with Gasteiger partial charge in [-0.15, -0.1) is 0 Å². The number of carbonyl (C=O) groups is 12. The second-order valence-electron chi connectivity index (χ2n) is 30.5. The van der Waals surface area contributed by atoms with Crippen LogP contribution in [0.15, 0.2) is 78.3 Å². The van der Waals surface area contributed by atoms with Crippen molar-refractivity contribution in [1.82, 2.24) is 73.4 Å². The van der Waals surface area contributed by atoms with Gasteiger partial charge in [0.1, 0.15) is 66.5 Å². The van der Waals surface area contributed by atoms with Crippen LogP contribution in [0.25, 0.3) is 10.9 Å². The quantitative estimate of drug-likeness (QED) is 0.0166. The highest BCUT2D eigenvalue weighted by Crippen LogP contribution is 2.22. The number of hydrogen-bond donors (Lipinski definition) is 20. The summed E-state index contributed by atoms with van der Waals surface area (Å²) in [5.74, 6) is -11.6. The fourth-order valence-corrected chi connectivity index (χ4v) is 12.8. The van der Waals surface area contributed by atoms with Crippen molar-refractivity contribution in [3.63, 3.8) is 0 Å². The van der Waals surface area contributed by atoms with E-state index in [1.165, 1.54) is 12.5 Å². The number of aromatic amines is 2. The van der Waals surface area contributed by atoms with Gasteiger partial charge < -0.3 is 108 Å². The van der Waals surface area contributed by atoms with E-state index in [1.807, 2.05) is 45.9 Å². The average molecular weight is 1580 g/mol. The van der Waals surface area contributed by atoms with Crippen molar-refractivity contribution in [2.75, 3.05) is 26.2 Å². The fraction of sp³-hybridized carbons (Fsp3) is 0.620. The zero-order valence-electron chi connectivity index (χ0n) is 67.5. The molecule has 0 aliphatic rings. The third kappa shape index (κ3) is 33.3. The van der Waals surface area contributed by atoms with E-state index < -0.39 is 161 Å². The molecule has 2 aromatic carbocycles. The molecule has 34 heteroatoms. The number of unbranched alkanes of at least 4 members (excludes halogenated alkanes) is 3. The monoisotopic (exact) mass is 1580 g/mol. The number of rotatable bonds is 54. The molecule has 0 radical (unpaired) electrons. The smallest absolute Gasteiger partial charge is 0.326 e. The van der Waals surface area contributed by atoms with Gasteiger partial charge in [-0.05, 0) is 150 Å². The molecular weight excluding hydrogens is 1450 g/mol. The van der Waals surface area contributed by atoms with E-state index in [0.717, 1.165) is 10.9 Å². The number of nitrogens with one attached hydrogen (secondary N) is 13. The van der Waals surface area contributed by atoms with E-state index in [-0.39, 0.29) is 102 Å². The van der Waals surface area contributed by atoms with Gasteiger partial charge in [0.2, 0.25) is 65.0 Å². The highest BCUT2D eigenvalue weighted by molar-refractivity contribution is 6.00. The molecule has 0 spiro atoms. The second kappa shape index (κ2) is 50.1. The predicted molar refractivity (Wildman–Crippen MR) is 433 cm³/mol. The zero-order valence-corrected chi connectivity index (χ0v) is 67.5. The lowest BCUT2D eigenvalue weighted by Crippen LogP contribution is -2.62. The summed E-state index contributed by atoms with van der Waals surface area (Å²) in [4.78, 5) is 188. The van der Waals surface area contributed by atoms with Crippen LogP contribution in [-0.4, -0.2) is 196 Å². The maximum Gasteiger partial charge on any atom is 0.326 e. The normalized spacial score (nSPS) is 15.2. The van der Waals surface area contributed by atoms with Crippen LogP contribution >= 0.6 is 0 Å².